The number of carboxylic acid groups (broad SMARTS) is 1. The zero-order valence-corrected chi connectivity index (χ0v) is 10.7. The molecule has 1 atom stereocenters. The molecule has 18 heavy (non-hydrogen) atoms. The fourth-order valence-corrected chi connectivity index (χ4v) is 3.46. The maximum Gasteiger partial charge on any atom is 0.353 e. The Balaban J connectivity index is 2.35. The van der Waals surface area contributed by atoms with Crippen molar-refractivity contribution in [3.8, 4) is 0 Å². The van der Waals surface area contributed by atoms with Gasteiger partial charge < -0.3 is 9.84 Å². The summed E-state index contributed by atoms with van der Waals surface area (Å²) in [6.45, 7) is 0.975. The minimum atomic E-state index is -1.16. The summed E-state index contributed by atoms with van der Waals surface area (Å²) in [7, 11) is 1.45. The summed E-state index contributed by atoms with van der Waals surface area (Å²) in [5.74, 6) is -1.59. The number of hydrogen-bond acceptors (Lipinski definition) is 4. The second-order valence-corrected chi connectivity index (χ2v) is 5.16. The minimum absolute atomic E-state index is 0.0488. The molecule has 2 aliphatic heterocycles. The molecule has 1 fully saturated rings. The van der Waals surface area contributed by atoms with Gasteiger partial charge in [-0.15, -0.1) is 0 Å². The molecule has 0 bridgehead atoms. The van der Waals surface area contributed by atoms with E-state index in [0.29, 0.717) is 16.1 Å². The Kier molecular flexibility index (Phi) is 3.45. The number of aliphatic carboxylic acids is 1. The largest absolute Gasteiger partial charge is 0.477 e. The maximum absolute atomic E-state index is 12.6. The van der Waals surface area contributed by atoms with Crippen molar-refractivity contribution in [3.63, 3.8) is 0 Å². The summed E-state index contributed by atoms with van der Waals surface area (Å²) in [4.78, 5) is 24.7. The topological polar surface area (TPSA) is 66.8 Å². The molecule has 0 aliphatic carbocycles. The van der Waals surface area contributed by atoms with Crippen LogP contribution in [-0.2, 0) is 14.3 Å². The normalized spacial score (nSPS) is 25.2. The summed E-state index contributed by atoms with van der Waals surface area (Å²) in [5, 5.41) is 8.71. The van der Waals surface area contributed by atoms with Crippen LogP contribution >= 0.6 is 11.8 Å². The van der Waals surface area contributed by atoms with Crippen LogP contribution in [0, 0.1) is 0 Å². The van der Waals surface area contributed by atoms with Crippen LogP contribution in [0.25, 0.3) is 0 Å². The van der Waals surface area contributed by atoms with Crippen LogP contribution in [0.15, 0.2) is 21.7 Å². The van der Waals surface area contributed by atoms with Crippen LogP contribution in [-0.4, -0.2) is 47.6 Å². The molecule has 0 unspecified atom stereocenters. The van der Waals surface area contributed by atoms with Gasteiger partial charge in [-0.05, 0) is 12.5 Å². The molecule has 7 heteroatoms. The number of carboxylic acids is 1. The highest BCUT2D eigenvalue weighted by atomic mass is 32.2. The molecule has 2 heterocycles. The zero-order chi connectivity index (χ0) is 13.4. The number of rotatable bonds is 4. The van der Waals surface area contributed by atoms with Gasteiger partial charge in [0, 0.05) is 12.0 Å². The zero-order valence-electron chi connectivity index (χ0n) is 9.90. The van der Waals surface area contributed by atoms with Crippen molar-refractivity contribution in [3.05, 3.63) is 21.7 Å². The van der Waals surface area contributed by atoms with E-state index in [1.54, 1.807) is 6.92 Å². The first-order valence-corrected chi connectivity index (χ1v) is 6.12. The van der Waals surface area contributed by atoms with Crippen LogP contribution in [0.1, 0.15) is 6.92 Å². The Bertz CT molecular complexity index is 485. The number of ether oxygens (including phenoxy) is 1. The van der Waals surface area contributed by atoms with E-state index in [1.807, 2.05) is 0 Å². The summed E-state index contributed by atoms with van der Waals surface area (Å²) >= 11 is 1.23. The van der Waals surface area contributed by atoms with Crippen LogP contribution in [0.2, 0.25) is 0 Å². The Labute approximate surface area is 107 Å². The minimum Gasteiger partial charge on any atom is -0.477 e. The van der Waals surface area contributed by atoms with Crippen molar-refractivity contribution < 1.29 is 23.8 Å². The highest BCUT2D eigenvalue weighted by Gasteiger charge is 2.53. The number of methoxy groups -OCH3 is 1. The van der Waals surface area contributed by atoms with Crippen LogP contribution < -0.4 is 0 Å². The highest BCUT2D eigenvalue weighted by molar-refractivity contribution is 8.04. The number of alkyl halides is 1. The van der Waals surface area contributed by atoms with Gasteiger partial charge in [-0.2, -0.15) is 0 Å². The third-order valence-corrected chi connectivity index (χ3v) is 4.09. The average Bonchev–Trinajstić information content (AvgIpc) is 2.64. The maximum atomic E-state index is 12.6. The fraction of sp³-hybridized carbons (Fsp3) is 0.455. The first kappa shape index (κ1) is 13.1. The van der Waals surface area contributed by atoms with E-state index < -0.39 is 23.9 Å². The lowest BCUT2D eigenvalue weighted by Gasteiger charge is -2.38. The predicted molar refractivity (Wildman–Crippen MR) is 63.4 cm³/mol. The number of fused-ring (bicyclic) bond motifs is 1. The summed E-state index contributed by atoms with van der Waals surface area (Å²) in [5.41, 5.74) is 0.678. The second kappa shape index (κ2) is 4.74. The van der Waals surface area contributed by atoms with Crippen molar-refractivity contribution in [1.29, 1.82) is 0 Å². The lowest BCUT2D eigenvalue weighted by Crippen LogP contribution is -2.51. The molecule has 98 valence electrons. The molecule has 0 saturated carbocycles. The SMILES string of the molecule is COCC1=C(C(=O)O)N2C(=O)/C(=C(/C)CF)[C@H]2S1. The molecule has 1 amide bonds. The first-order chi connectivity index (χ1) is 8.52. The third kappa shape index (κ3) is 1.74. The van der Waals surface area contributed by atoms with E-state index in [-0.39, 0.29) is 12.3 Å². The molecule has 0 radical (unpaired) electrons. The number of amides is 1. The molecule has 1 N–H and O–H groups in total. The summed E-state index contributed by atoms with van der Waals surface area (Å²) in [6.07, 6.45) is 0. The molecule has 5 nitrogen and oxygen atoms in total. The molecule has 0 aromatic heterocycles. The molecule has 0 aromatic carbocycles. The van der Waals surface area contributed by atoms with Gasteiger partial charge >= 0.3 is 5.97 Å². The van der Waals surface area contributed by atoms with E-state index in [4.69, 9.17) is 9.84 Å². The van der Waals surface area contributed by atoms with Crippen molar-refractivity contribution in [2.24, 2.45) is 0 Å². The molecular weight excluding hydrogens is 261 g/mol. The second-order valence-electron chi connectivity index (χ2n) is 3.98. The number of β-lactam (4-membered cyclic amide) rings is 1. The highest BCUT2D eigenvalue weighted by Crippen LogP contribution is 2.49. The van der Waals surface area contributed by atoms with Crippen LogP contribution in [0.4, 0.5) is 4.39 Å². The number of carbonyl (C=O) groups is 2. The Morgan fingerprint density at radius 3 is 2.78 bits per heavy atom. The molecular formula is C11H12FNO4S. The predicted octanol–water partition coefficient (Wildman–Crippen LogP) is 1.13. The third-order valence-electron chi connectivity index (χ3n) is 2.83. The molecule has 0 spiro atoms. The smallest absolute Gasteiger partial charge is 0.353 e. The lowest BCUT2D eigenvalue weighted by atomic mass is 10.00. The van der Waals surface area contributed by atoms with Crippen molar-refractivity contribution in [2.45, 2.75) is 12.3 Å². The van der Waals surface area contributed by atoms with Gasteiger partial charge in [-0.3, -0.25) is 9.69 Å². The monoisotopic (exact) mass is 273 g/mol. The van der Waals surface area contributed by atoms with E-state index in [0.717, 1.165) is 0 Å². The standard InChI is InChI=1S/C11H12FNO4S/c1-5(3-12)7-9(14)13-8(11(15)16)6(4-17-2)18-10(7)13/h10H,3-4H2,1-2H3,(H,15,16)/b7-5+/t10-/m1/s1. The molecule has 1 saturated heterocycles. The summed E-state index contributed by atoms with van der Waals surface area (Å²) < 4.78 is 17.5. The molecule has 2 rings (SSSR count). The Morgan fingerprint density at radius 2 is 2.28 bits per heavy atom. The first-order valence-electron chi connectivity index (χ1n) is 5.24. The van der Waals surface area contributed by atoms with Crippen molar-refractivity contribution in [2.75, 3.05) is 20.4 Å². The Hall–Kier alpha value is -1.34. The van der Waals surface area contributed by atoms with E-state index in [9.17, 15) is 14.0 Å². The van der Waals surface area contributed by atoms with Crippen molar-refractivity contribution >= 4 is 23.6 Å². The number of nitrogens with zero attached hydrogens (tertiary/aromatic N) is 1. The number of carbonyl (C=O) groups excluding carboxylic acids is 1. The average molecular weight is 273 g/mol. The Morgan fingerprint density at radius 1 is 1.61 bits per heavy atom. The van der Waals surface area contributed by atoms with Gasteiger partial charge in [-0.25, -0.2) is 9.18 Å². The number of thioether (sulfide) groups is 1. The number of hydrogen-bond donors (Lipinski definition) is 1. The number of allylic oxidation sites excluding steroid dienone is 1. The fourth-order valence-electron chi connectivity index (χ4n) is 1.98. The van der Waals surface area contributed by atoms with E-state index in [1.165, 1.54) is 23.8 Å². The van der Waals surface area contributed by atoms with Gasteiger partial charge in [0.15, 0.2) is 0 Å². The van der Waals surface area contributed by atoms with Gasteiger partial charge in [-0.1, -0.05) is 11.8 Å². The van der Waals surface area contributed by atoms with Crippen LogP contribution in [0.3, 0.4) is 0 Å². The molecule has 2 aliphatic rings. The van der Waals surface area contributed by atoms with Gasteiger partial charge in [0.05, 0.1) is 12.2 Å². The number of halogens is 1. The van der Waals surface area contributed by atoms with Gasteiger partial charge in [0.25, 0.3) is 5.91 Å². The van der Waals surface area contributed by atoms with Gasteiger partial charge in [0.1, 0.15) is 17.7 Å². The molecule has 0 aromatic rings. The van der Waals surface area contributed by atoms with Crippen molar-refractivity contribution in [1.82, 2.24) is 4.90 Å². The van der Waals surface area contributed by atoms with Crippen LogP contribution in [0.5, 0.6) is 0 Å². The lowest BCUT2D eigenvalue weighted by molar-refractivity contribution is -0.141. The van der Waals surface area contributed by atoms with Gasteiger partial charge in [0.2, 0.25) is 0 Å². The van der Waals surface area contributed by atoms with E-state index >= 15 is 0 Å². The van der Waals surface area contributed by atoms with E-state index in [2.05, 4.69) is 0 Å². The quantitative estimate of drug-likeness (QED) is 0.614. The summed E-state index contributed by atoms with van der Waals surface area (Å²) in [6, 6.07) is 0.